The minimum Gasteiger partial charge on any atom is -0.507 e. The molecule has 0 atom stereocenters. The number of nitrogens with zero attached hydrogens (tertiary/aromatic N) is 3. The fraction of sp³-hybridized carbons (Fsp3) is 0. The Balaban J connectivity index is 2.26. The summed E-state index contributed by atoms with van der Waals surface area (Å²) in [6.45, 7) is 0. The molecule has 0 bridgehead atoms. The van der Waals surface area contributed by atoms with E-state index in [-0.39, 0.29) is 34.2 Å². The number of phenolic OH excluding ortho intramolecular Hbond substituents is 1. The van der Waals surface area contributed by atoms with Gasteiger partial charge in [0.2, 0.25) is 0 Å². The van der Waals surface area contributed by atoms with Gasteiger partial charge in [-0.2, -0.15) is 5.26 Å². The molecule has 118 valence electrons. The standard InChI is InChI=1S/C17H12FN5O/c18-10-3-6-14(24)12(7-10)17-22-15(13(8-19)16(21)23-17)9-1-4-11(20)5-2-9/h1-7,24H,20H2,(H2,21,22,23). The van der Waals surface area contributed by atoms with E-state index in [0.717, 1.165) is 12.1 Å². The fourth-order valence-electron chi connectivity index (χ4n) is 2.25. The van der Waals surface area contributed by atoms with Gasteiger partial charge in [0.05, 0.1) is 11.3 Å². The molecule has 7 heteroatoms. The van der Waals surface area contributed by atoms with Crippen LogP contribution < -0.4 is 11.5 Å². The first kappa shape index (κ1) is 15.2. The van der Waals surface area contributed by atoms with Crippen LogP contribution in [0.5, 0.6) is 5.75 Å². The summed E-state index contributed by atoms with van der Waals surface area (Å²) >= 11 is 0. The van der Waals surface area contributed by atoms with Gasteiger partial charge >= 0.3 is 0 Å². The maximum atomic E-state index is 13.5. The molecule has 0 aliphatic heterocycles. The second-order valence-electron chi connectivity index (χ2n) is 5.05. The van der Waals surface area contributed by atoms with Gasteiger partial charge in [-0.3, -0.25) is 0 Å². The summed E-state index contributed by atoms with van der Waals surface area (Å²) in [5.41, 5.74) is 13.1. The highest BCUT2D eigenvalue weighted by Crippen LogP contribution is 2.32. The number of benzene rings is 2. The smallest absolute Gasteiger partial charge is 0.166 e. The number of hydrogen-bond donors (Lipinski definition) is 3. The van der Waals surface area contributed by atoms with E-state index in [9.17, 15) is 14.8 Å². The van der Waals surface area contributed by atoms with Crippen LogP contribution in [0.1, 0.15) is 5.56 Å². The number of aromatic hydroxyl groups is 1. The average Bonchev–Trinajstić information content (AvgIpc) is 2.57. The number of halogens is 1. The maximum Gasteiger partial charge on any atom is 0.166 e. The molecule has 0 saturated carbocycles. The number of nitrogens with two attached hydrogens (primary N) is 2. The molecular weight excluding hydrogens is 309 g/mol. The van der Waals surface area contributed by atoms with Crippen LogP contribution in [0.25, 0.3) is 22.6 Å². The third-order valence-corrected chi connectivity index (χ3v) is 3.43. The number of hydrogen-bond acceptors (Lipinski definition) is 6. The summed E-state index contributed by atoms with van der Waals surface area (Å²) in [5, 5.41) is 19.3. The van der Waals surface area contributed by atoms with Crippen molar-refractivity contribution in [3.63, 3.8) is 0 Å². The highest BCUT2D eigenvalue weighted by Gasteiger charge is 2.17. The molecule has 1 aromatic heterocycles. The predicted octanol–water partition coefficient (Wildman–Crippen LogP) is 2.69. The van der Waals surface area contributed by atoms with Crippen molar-refractivity contribution >= 4 is 11.5 Å². The second kappa shape index (κ2) is 5.85. The Kier molecular flexibility index (Phi) is 3.72. The first-order valence-electron chi connectivity index (χ1n) is 6.92. The minimum absolute atomic E-state index is 0.0234. The molecule has 0 radical (unpaired) electrons. The summed E-state index contributed by atoms with van der Waals surface area (Å²) < 4.78 is 13.5. The molecule has 0 aliphatic rings. The lowest BCUT2D eigenvalue weighted by Gasteiger charge is -2.10. The largest absolute Gasteiger partial charge is 0.507 e. The molecule has 3 aromatic rings. The van der Waals surface area contributed by atoms with E-state index in [1.807, 2.05) is 6.07 Å². The van der Waals surface area contributed by atoms with Crippen molar-refractivity contribution in [1.82, 2.24) is 9.97 Å². The SMILES string of the molecule is N#Cc1c(N)nc(-c2cc(F)ccc2O)nc1-c1ccc(N)cc1. The molecular formula is C17H12FN5O. The third-order valence-electron chi connectivity index (χ3n) is 3.43. The quantitative estimate of drug-likeness (QED) is 0.624. The van der Waals surface area contributed by atoms with Crippen LogP contribution in [0, 0.1) is 17.1 Å². The van der Waals surface area contributed by atoms with Crippen molar-refractivity contribution < 1.29 is 9.50 Å². The monoisotopic (exact) mass is 321 g/mol. The highest BCUT2D eigenvalue weighted by atomic mass is 19.1. The van der Waals surface area contributed by atoms with Crippen molar-refractivity contribution in [2.24, 2.45) is 0 Å². The summed E-state index contributed by atoms with van der Waals surface area (Å²) in [6, 6.07) is 12.1. The molecule has 1 heterocycles. The van der Waals surface area contributed by atoms with E-state index in [2.05, 4.69) is 9.97 Å². The van der Waals surface area contributed by atoms with Gasteiger partial charge in [0, 0.05) is 11.3 Å². The molecule has 0 spiro atoms. The number of anilines is 2. The Morgan fingerprint density at radius 1 is 1.04 bits per heavy atom. The van der Waals surface area contributed by atoms with Crippen molar-refractivity contribution in [3.8, 4) is 34.5 Å². The van der Waals surface area contributed by atoms with Gasteiger partial charge < -0.3 is 16.6 Å². The average molecular weight is 321 g/mol. The van der Waals surface area contributed by atoms with Gasteiger partial charge in [-0.05, 0) is 30.3 Å². The summed E-state index contributed by atoms with van der Waals surface area (Å²) in [6.07, 6.45) is 0. The Morgan fingerprint density at radius 3 is 2.42 bits per heavy atom. The number of phenols is 1. The number of nitrogen functional groups attached to an aromatic ring is 2. The summed E-state index contributed by atoms with van der Waals surface area (Å²) in [7, 11) is 0. The predicted molar refractivity (Wildman–Crippen MR) is 88.1 cm³/mol. The lowest BCUT2D eigenvalue weighted by molar-refractivity contribution is 0.475. The van der Waals surface area contributed by atoms with Gasteiger partial charge in [-0.1, -0.05) is 12.1 Å². The normalized spacial score (nSPS) is 10.3. The first-order valence-corrected chi connectivity index (χ1v) is 6.92. The van der Waals surface area contributed by atoms with Crippen molar-refractivity contribution in [3.05, 3.63) is 53.8 Å². The molecule has 0 unspecified atom stereocenters. The lowest BCUT2D eigenvalue weighted by atomic mass is 10.1. The highest BCUT2D eigenvalue weighted by molar-refractivity contribution is 5.76. The Bertz CT molecular complexity index is 964. The molecule has 2 aromatic carbocycles. The molecule has 24 heavy (non-hydrogen) atoms. The second-order valence-corrected chi connectivity index (χ2v) is 5.05. The van der Waals surface area contributed by atoms with Gasteiger partial charge in [0.1, 0.15) is 29.0 Å². The van der Waals surface area contributed by atoms with E-state index < -0.39 is 5.82 Å². The maximum absolute atomic E-state index is 13.5. The van der Waals surface area contributed by atoms with Crippen molar-refractivity contribution in [1.29, 1.82) is 5.26 Å². The Labute approximate surface area is 136 Å². The zero-order chi connectivity index (χ0) is 17.3. The van der Waals surface area contributed by atoms with Crippen LogP contribution >= 0.6 is 0 Å². The van der Waals surface area contributed by atoms with Gasteiger partial charge in [-0.15, -0.1) is 0 Å². The summed E-state index contributed by atoms with van der Waals surface area (Å²) in [4.78, 5) is 8.31. The van der Waals surface area contributed by atoms with Crippen LogP contribution in [0.3, 0.4) is 0 Å². The van der Waals surface area contributed by atoms with Gasteiger partial charge in [0.25, 0.3) is 0 Å². The third kappa shape index (κ3) is 2.68. The Hall–Kier alpha value is -3.66. The molecule has 3 rings (SSSR count). The topological polar surface area (TPSA) is 122 Å². The molecule has 0 aliphatic carbocycles. The van der Waals surface area contributed by atoms with E-state index >= 15 is 0 Å². The van der Waals surface area contributed by atoms with Crippen LogP contribution in [0.4, 0.5) is 15.9 Å². The number of aromatic nitrogens is 2. The van der Waals surface area contributed by atoms with Gasteiger partial charge in [-0.25, -0.2) is 14.4 Å². The van der Waals surface area contributed by atoms with Crippen LogP contribution in [0.15, 0.2) is 42.5 Å². The van der Waals surface area contributed by atoms with Crippen LogP contribution in [0.2, 0.25) is 0 Å². The van der Waals surface area contributed by atoms with Gasteiger partial charge in [0.15, 0.2) is 5.82 Å². The van der Waals surface area contributed by atoms with E-state index in [4.69, 9.17) is 11.5 Å². The van der Waals surface area contributed by atoms with Crippen LogP contribution in [-0.2, 0) is 0 Å². The number of rotatable bonds is 2. The fourth-order valence-corrected chi connectivity index (χ4v) is 2.25. The van der Waals surface area contributed by atoms with Crippen LogP contribution in [-0.4, -0.2) is 15.1 Å². The van der Waals surface area contributed by atoms with E-state index in [1.165, 1.54) is 6.07 Å². The molecule has 6 nitrogen and oxygen atoms in total. The lowest BCUT2D eigenvalue weighted by Crippen LogP contribution is -2.03. The summed E-state index contributed by atoms with van der Waals surface area (Å²) in [5.74, 6) is -0.777. The molecule has 0 fully saturated rings. The van der Waals surface area contributed by atoms with Crippen molar-refractivity contribution in [2.45, 2.75) is 0 Å². The van der Waals surface area contributed by atoms with E-state index in [1.54, 1.807) is 24.3 Å². The molecule has 5 N–H and O–H groups in total. The van der Waals surface area contributed by atoms with E-state index in [0.29, 0.717) is 11.3 Å². The minimum atomic E-state index is -0.552. The molecule has 0 amide bonds. The zero-order valence-corrected chi connectivity index (χ0v) is 12.4. The Morgan fingerprint density at radius 2 is 1.75 bits per heavy atom. The first-order chi connectivity index (χ1) is 11.5. The van der Waals surface area contributed by atoms with Crippen molar-refractivity contribution in [2.75, 3.05) is 11.5 Å². The number of nitriles is 1. The molecule has 0 saturated heterocycles. The zero-order valence-electron chi connectivity index (χ0n) is 12.4.